The van der Waals surface area contributed by atoms with Gasteiger partial charge in [-0.3, -0.25) is 10.0 Å². The molecule has 1 amide bonds. The molecule has 0 radical (unpaired) electrons. The Hall–Kier alpha value is -1.42. The summed E-state index contributed by atoms with van der Waals surface area (Å²) in [5.74, 6) is -0.857. The predicted octanol–water partition coefficient (Wildman–Crippen LogP) is 0.874. The molecular formula is C8H8FNO2. The number of hydrogen-bond acceptors (Lipinski definition) is 2. The predicted molar refractivity (Wildman–Crippen MR) is 40.0 cm³/mol. The minimum absolute atomic E-state index is 0.0524. The van der Waals surface area contributed by atoms with Crippen molar-refractivity contribution in [3.05, 3.63) is 35.6 Å². The normalized spacial score (nSPS) is 9.50. The Kier molecular flexibility index (Phi) is 2.76. The van der Waals surface area contributed by atoms with Crippen LogP contribution in [0.3, 0.4) is 0 Å². The number of rotatable bonds is 2. The number of nitrogens with one attached hydrogen (secondary N) is 1. The van der Waals surface area contributed by atoms with Gasteiger partial charge in [0.05, 0.1) is 6.42 Å². The lowest BCUT2D eigenvalue weighted by molar-refractivity contribution is -0.128. The lowest BCUT2D eigenvalue weighted by atomic mass is 10.1. The van der Waals surface area contributed by atoms with Gasteiger partial charge in [0.15, 0.2) is 0 Å². The van der Waals surface area contributed by atoms with Crippen LogP contribution in [0.25, 0.3) is 0 Å². The third kappa shape index (κ3) is 2.32. The molecular weight excluding hydrogens is 161 g/mol. The number of amides is 1. The number of hydrogen-bond donors (Lipinski definition) is 2. The maximum atomic E-state index is 12.4. The van der Waals surface area contributed by atoms with E-state index >= 15 is 0 Å². The largest absolute Gasteiger partial charge is 0.289 e. The van der Waals surface area contributed by atoms with E-state index in [1.165, 1.54) is 29.7 Å². The fraction of sp³-hybridized carbons (Fsp3) is 0.125. The molecule has 4 heteroatoms. The van der Waals surface area contributed by atoms with Gasteiger partial charge < -0.3 is 0 Å². The van der Waals surface area contributed by atoms with Crippen molar-refractivity contribution in [2.45, 2.75) is 6.42 Å². The second kappa shape index (κ2) is 3.82. The molecule has 0 bridgehead atoms. The van der Waals surface area contributed by atoms with Gasteiger partial charge in [0.25, 0.3) is 0 Å². The fourth-order valence-corrected chi connectivity index (χ4v) is 0.827. The van der Waals surface area contributed by atoms with Crippen molar-refractivity contribution in [3.63, 3.8) is 0 Å². The first-order chi connectivity index (χ1) is 5.72. The monoisotopic (exact) mass is 169 g/mol. The Morgan fingerprint density at radius 1 is 1.42 bits per heavy atom. The van der Waals surface area contributed by atoms with E-state index < -0.39 is 5.91 Å². The molecule has 1 aromatic rings. The number of halogens is 1. The molecule has 2 N–H and O–H groups in total. The Balaban J connectivity index is 2.64. The van der Waals surface area contributed by atoms with Crippen LogP contribution in [-0.2, 0) is 11.2 Å². The highest BCUT2D eigenvalue weighted by molar-refractivity contribution is 5.77. The average molecular weight is 169 g/mol. The van der Waals surface area contributed by atoms with Crippen molar-refractivity contribution in [1.82, 2.24) is 5.48 Å². The molecule has 12 heavy (non-hydrogen) atoms. The molecule has 1 rings (SSSR count). The lowest BCUT2D eigenvalue weighted by Gasteiger charge is -1.98. The zero-order valence-electron chi connectivity index (χ0n) is 6.25. The first-order valence-electron chi connectivity index (χ1n) is 3.40. The Labute approximate surface area is 68.8 Å². The first kappa shape index (κ1) is 8.67. The van der Waals surface area contributed by atoms with Crippen LogP contribution in [0.1, 0.15) is 5.56 Å². The average Bonchev–Trinajstić information content (AvgIpc) is 2.09. The van der Waals surface area contributed by atoms with Crippen LogP contribution in [0.2, 0.25) is 0 Å². The summed E-state index contributed by atoms with van der Waals surface area (Å²) in [4.78, 5) is 10.6. The number of hydroxylamine groups is 1. The van der Waals surface area contributed by atoms with Crippen molar-refractivity contribution in [2.75, 3.05) is 0 Å². The van der Waals surface area contributed by atoms with Gasteiger partial charge in [-0.05, 0) is 17.7 Å². The quantitative estimate of drug-likeness (QED) is 0.510. The highest BCUT2D eigenvalue weighted by Gasteiger charge is 2.00. The first-order valence-corrected chi connectivity index (χ1v) is 3.40. The van der Waals surface area contributed by atoms with Gasteiger partial charge in [-0.15, -0.1) is 0 Å². The summed E-state index contributed by atoms with van der Waals surface area (Å²) in [6, 6.07) is 5.51. The Morgan fingerprint density at radius 2 is 2.00 bits per heavy atom. The second-order valence-corrected chi connectivity index (χ2v) is 2.34. The van der Waals surface area contributed by atoms with Gasteiger partial charge >= 0.3 is 0 Å². The zero-order valence-corrected chi connectivity index (χ0v) is 6.25. The molecule has 0 unspecified atom stereocenters. The van der Waals surface area contributed by atoms with Crippen molar-refractivity contribution >= 4 is 5.91 Å². The molecule has 0 aromatic heterocycles. The maximum Gasteiger partial charge on any atom is 0.247 e. The summed E-state index contributed by atoms with van der Waals surface area (Å²) in [5, 5.41) is 8.18. The molecule has 0 heterocycles. The van der Waals surface area contributed by atoms with Crippen LogP contribution in [0.5, 0.6) is 0 Å². The topological polar surface area (TPSA) is 49.3 Å². The third-order valence-electron chi connectivity index (χ3n) is 1.40. The molecule has 0 spiro atoms. The zero-order chi connectivity index (χ0) is 8.97. The van der Waals surface area contributed by atoms with Gasteiger partial charge in [0.2, 0.25) is 5.91 Å². The standard InChI is InChI=1S/C8H8FNO2/c9-7-3-1-6(2-4-7)5-8(11)10-12/h1-4,12H,5H2,(H,10,11). The fourth-order valence-electron chi connectivity index (χ4n) is 0.827. The molecule has 0 atom stereocenters. The molecule has 64 valence electrons. The van der Waals surface area contributed by atoms with Gasteiger partial charge in [-0.1, -0.05) is 12.1 Å². The molecule has 0 aliphatic carbocycles. The molecule has 1 aromatic carbocycles. The summed E-state index contributed by atoms with van der Waals surface area (Å²) >= 11 is 0. The van der Waals surface area contributed by atoms with E-state index in [4.69, 9.17) is 5.21 Å². The summed E-state index contributed by atoms with van der Waals surface area (Å²) < 4.78 is 12.4. The summed E-state index contributed by atoms with van der Waals surface area (Å²) in [6.45, 7) is 0. The Morgan fingerprint density at radius 3 is 2.50 bits per heavy atom. The van der Waals surface area contributed by atoms with Gasteiger partial charge in [-0.2, -0.15) is 0 Å². The third-order valence-corrected chi connectivity index (χ3v) is 1.40. The summed E-state index contributed by atoms with van der Waals surface area (Å²) in [7, 11) is 0. The smallest absolute Gasteiger partial charge is 0.247 e. The van der Waals surface area contributed by atoms with Crippen molar-refractivity contribution in [1.29, 1.82) is 0 Å². The Bertz CT molecular complexity index is 271. The van der Waals surface area contributed by atoms with E-state index in [1.807, 2.05) is 0 Å². The second-order valence-electron chi connectivity index (χ2n) is 2.34. The number of carbonyl (C=O) groups is 1. The summed E-state index contributed by atoms with van der Waals surface area (Å²) in [5.41, 5.74) is 2.15. The van der Waals surface area contributed by atoms with Crippen molar-refractivity contribution < 1.29 is 14.4 Å². The molecule has 0 aliphatic rings. The van der Waals surface area contributed by atoms with Crippen LogP contribution >= 0.6 is 0 Å². The van der Waals surface area contributed by atoms with Crippen molar-refractivity contribution in [3.8, 4) is 0 Å². The van der Waals surface area contributed by atoms with E-state index in [0.717, 1.165) is 0 Å². The molecule has 0 fully saturated rings. The molecule has 0 saturated carbocycles. The molecule has 0 saturated heterocycles. The van der Waals surface area contributed by atoms with E-state index in [-0.39, 0.29) is 12.2 Å². The SMILES string of the molecule is O=C(Cc1ccc(F)cc1)NO. The van der Waals surface area contributed by atoms with E-state index in [9.17, 15) is 9.18 Å². The van der Waals surface area contributed by atoms with Crippen LogP contribution in [0.15, 0.2) is 24.3 Å². The van der Waals surface area contributed by atoms with E-state index in [2.05, 4.69) is 0 Å². The number of benzene rings is 1. The van der Waals surface area contributed by atoms with Gasteiger partial charge in [-0.25, -0.2) is 9.87 Å². The van der Waals surface area contributed by atoms with Crippen LogP contribution in [0, 0.1) is 5.82 Å². The highest BCUT2D eigenvalue weighted by atomic mass is 19.1. The molecule has 0 aliphatic heterocycles. The molecule has 3 nitrogen and oxygen atoms in total. The number of carbonyl (C=O) groups excluding carboxylic acids is 1. The van der Waals surface area contributed by atoms with Gasteiger partial charge in [0, 0.05) is 0 Å². The minimum Gasteiger partial charge on any atom is -0.289 e. The van der Waals surface area contributed by atoms with E-state index in [1.54, 1.807) is 0 Å². The minimum atomic E-state index is -0.512. The van der Waals surface area contributed by atoms with Crippen LogP contribution in [0.4, 0.5) is 4.39 Å². The summed E-state index contributed by atoms with van der Waals surface area (Å²) in [6.07, 6.45) is 0.0524. The van der Waals surface area contributed by atoms with Crippen LogP contribution in [-0.4, -0.2) is 11.1 Å². The lowest BCUT2D eigenvalue weighted by Crippen LogP contribution is -2.20. The van der Waals surface area contributed by atoms with Crippen LogP contribution < -0.4 is 5.48 Å². The highest BCUT2D eigenvalue weighted by Crippen LogP contribution is 2.02. The van der Waals surface area contributed by atoms with E-state index in [0.29, 0.717) is 5.56 Å². The van der Waals surface area contributed by atoms with Gasteiger partial charge in [0.1, 0.15) is 5.82 Å². The maximum absolute atomic E-state index is 12.4. The van der Waals surface area contributed by atoms with Crippen molar-refractivity contribution in [2.24, 2.45) is 0 Å².